The molecule has 1 heterocycles. The SMILES string of the molecule is Cc1c(Cl)c[nH]c(=O)c1Cl. The zero-order valence-corrected chi connectivity index (χ0v) is 6.75. The Kier molecular flexibility index (Phi) is 2.02. The van der Waals surface area contributed by atoms with E-state index in [1.807, 2.05) is 0 Å². The summed E-state index contributed by atoms with van der Waals surface area (Å²) in [5.41, 5.74) is 0.315. The van der Waals surface area contributed by atoms with Crippen LogP contribution >= 0.6 is 23.2 Å². The van der Waals surface area contributed by atoms with Crippen LogP contribution in [-0.4, -0.2) is 4.98 Å². The zero-order chi connectivity index (χ0) is 7.72. The highest BCUT2D eigenvalue weighted by atomic mass is 35.5. The molecule has 1 N–H and O–H groups in total. The lowest BCUT2D eigenvalue weighted by molar-refractivity contribution is 1.21. The molecule has 1 aromatic rings. The first-order valence-corrected chi connectivity index (χ1v) is 3.42. The molecule has 2 nitrogen and oxygen atoms in total. The van der Waals surface area contributed by atoms with E-state index in [-0.39, 0.29) is 10.6 Å². The van der Waals surface area contributed by atoms with E-state index in [0.29, 0.717) is 10.6 Å². The predicted molar refractivity (Wildman–Crippen MR) is 41.8 cm³/mol. The summed E-state index contributed by atoms with van der Waals surface area (Å²) >= 11 is 11.2. The predicted octanol–water partition coefficient (Wildman–Crippen LogP) is 1.99. The highest BCUT2D eigenvalue weighted by Gasteiger charge is 2.02. The Morgan fingerprint density at radius 2 is 2.10 bits per heavy atom. The number of aromatic nitrogens is 1. The molecule has 4 heteroatoms. The fourth-order valence-electron chi connectivity index (χ4n) is 0.576. The highest BCUT2D eigenvalue weighted by Crippen LogP contribution is 2.17. The second-order valence-corrected chi connectivity index (χ2v) is 2.69. The molecule has 0 aromatic carbocycles. The van der Waals surface area contributed by atoms with Gasteiger partial charge >= 0.3 is 0 Å². The minimum Gasteiger partial charge on any atom is -0.326 e. The van der Waals surface area contributed by atoms with Crippen molar-refractivity contribution in [3.05, 3.63) is 32.2 Å². The van der Waals surface area contributed by atoms with Crippen molar-refractivity contribution in [2.24, 2.45) is 0 Å². The van der Waals surface area contributed by atoms with Gasteiger partial charge in [-0.2, -0.15) is 0 Å². The molecule has 54 valence electrons. The molecule has 0 aliphatic heterocycles. The molecule has 0 fully saturated rings. The normalized spacial score (nSPS) is 9.90. The van der Waals surface area contributed by atoms with Crippen molar-refractivity contribution in [2.75, 3.05) is 0 Å². The van der Waals surface area contributed by atoms with Crippen molar-refractivity contribution in [1.82, 2.24) is 4.98 Å². The fraction of sp³-hybridized carbons (Fsp3) is 0.167. The van der Waals surface area contributed by atoms with Gasteiger partial charge in [-0.15, -0.1) is 0 Å². The first-order valence-electron chi connectivity index (χ1n) is 2.66. The van der Waals surface area contributed by atoms with Crippen LogP contribution in [0, 0.1) is 6.92 Å². The lowest BCUT2D eigenvalue weighted by atomic mass is 10.3. The molecule has 0 atom stereocenters. The van der Waals surface area contributed by atoms with E-state index >= 15 is 0 Å². The number of H-pyrrole nitrogens is 1. The number of hydrogen-bond acceptors (Lipinski definition) is 1. The lowest BCUT2D eigenvalue weighted by Crippen LogP contribution is -2.06. The van der Waals surface area contributed by atoms with Crippen LogP contribution in [0.25, 0.3) is 0 Å². The molecule has 0 spiro atoms. The van der Waals surface area contributed by atoms with Crippen molar-refractivity contribution in [3.8, 4) is 0 Å². The highest BCUT2D eigenvalue weighted by molar-refractivity contribution is 6.35. The van der Waals surface area contributed by atoms with E-state index in [9.17, 15) is 4.79 Å². The number of hydrogen-bond donors (Lipinski definition) is 1. The number of halogens is 2. The van der Waals surface area contributed by atoms with Gasteiger partial charge in [0.15, 0.2) is 0 Å². The van der Waals surface area contributed by atoms with Gasteiger partial charge in [0.1, 0.15) is 5.02 Å². The van der Waals surface area contributed by atoms with Crippen LogP contribution in [0.4, 0.5) is 0 Å². The average Bonchev–Trinajstić information content (AvgIpc) is 1.93. The molecule has 1 aromatic heterocycles. The second-order valence-electron chi connectivity index (χ2n) is 1.90. The van der Waals surface area contributed by atoms with Crippen molar-refractivity contribution < 1.29 is 0 Å². The molecule has 0 unspecified atom stereocenters. The number of rotatable bonds is 0. The average molecular weight is 178 g/mol. The monoisotopic (exact) mass is 177 g/mol. The van der Waals surface area contributed by atoms with Gasteiger partial charge in [0.05, 0.1) is 5.02 Å². The molecule has 0 radical (unpaired) electrons. The second kappa shape index (κ2) is 2.64. The summed E-state index contributed by atoms with van der Waals surface area (Å²) in [6.45, 7) is 1.69. The van der Waals surface area contributed by atoms with Gasteiger partial charge in [-0.25, -0.2) is 0 Å². The summed E-state index contributed by atoms with van der Waals surface area (Å²) < 4.78 is 0. The summed E-state index contributed by atoms with van der Waals surface area (Å²) in [5, 5.41) is 0.636. The van der Waals surface area contributed by atoms with Crippen LogP contribution in [0.5, 0.6) is 0 Å². The van der Waals surface area contributed by atoms with Crippen molar-refractivity contribution in [1.29, 1.82) is 0 Å². The minimum absolute atomic E-state index is 0.160. The first kappa shape index (κ1) is 7.63. The van der Waals surface area contributed by atoms with Crippen molar-refractivity contribution in [2.45, 2.75) is 6.92 Å². The zero-order valence-electron chi connectivity index (χ0n) is 5.24. The molecule has 1 rings (SSSR count). The largest absolute Gasteiger partial charge is 0.326 e. The quantitative estimate of drug-likeness (QED) is 0.647. The van der Waals surface area contributed by atoms with Crippen LogP contribution in [0.15, 0.2) is 11.0 Å². The molecular weight excluding hydrogens is 173 g/mol. The van der Waals surface area contributed by atoms with Gasteiger partial charge in [0.2, 0.25) is 0 Å². The van der Waals surface area contributed by atoms with E-state index < -0.39 is 0 Å². The third-order valence-electron chi connectivity index (χ3n) is 1.22. The molecule has 0 saturated heterocycles. The lowest BCUT2D eigenvalue weighted by Gasteiger charge is -1.96. The van der Waals surface area contributed by atoms with Gasteiger partial charge in [-0.05, 0) is 12.5 Å². The van der Waals surface area contributed by atoms with E-state index in [0.717, 1.165) is 0 Å². The van der Waals surface area contributed by atoms with E-state index in [1.165, 1.54) is 6.20 Å². The fourth-order valence-corrected chi connectivity index (χ4v) is 0.929. The topological polar surface area (TPSA) is 32.9 Å². The third-order valence-corrected chi connectivity index (χ3v) is 2.06. The van der Waals surface area contributed by atoms with Crippen LogP contribution in [0.2, 0.25) is 10.0 Å². The van der Waals surface area contributed by atoms with Crippen molar-refractivity contribution in [3.63, 3.8) is 0 Å². The maximum absolute atomic E-state index is 10.7. The van der Waals surface area contributed by atoms with E-state index in [2.05, 4.69) is 4.98 Å². The van der Waals surface area contributed by atoms with Crippen LogP contribution in [0.1, 0.15) is 5.56 Å². The Morgan fingerprint density at radius 3 is 2.60 bits per heavy atom. The molecular formula is C6H5Cl2NO. The van der Waals surface area contributed by atoms with Crippen LogP contribution in [-0.2, 0) is 0 Å². The summed E-state index contributed by atoms with van der Waals surface area (Å²) in [6.07, 6.45) is 1.42. The number of nitrogens with one attached hydrogen (secondary N) is 1. The summed E-state index contributed by atoms with van der Waals surface area (Å²) in [5.74, 6) is 0. The van der Waals surface area contributed by atoms with Crippen LogP contribution < -0.4 is 5.56 Å². The Bertz CT molecular complexity index is 305. The Hall–Kier alpha value is -0.470. The maximum Gasteiger partial charge on any atom is 0.267 e. The summed E-state index contributed by atoms with van der Waals surface area (Å²) in [4.78, 5) is 13.1. The Balaban J connectivity index is 3.49. The smallest absolute Gasteiger partial charge is 0.267 e. The van der Waals surface area contributed by atoms with Gasteiger partial charge < -0.3 is 4.98 Å². The number of pyridine rings is 1. The van der Waals surface area contributed by atoms with E-state index in [4.69, 9.17) is 23.2 Å². The van der Waals surface area contributed by atoms with Crippen molar-refractivity contribution >= 4 is 23.2 Å². The molecule has 0 amide bonds. The first-order chi connectivity index (χ1) is 4.63. The molecule has 0 bridgehead atoms. The minimum atomic E-state index is -0.302. The number of aromatic amines is 1. The molecule has 0 saturated carbocycles. The molecule has 10 heavy (non-hydrogen) atoms. The maximum atomic E-state index is 10.7. The molecule has 0 aliphatic rings. The third kappa shape index (κ3) is 1.18. The van der Waals surface area contributed by atoms with Gasteiger partial charge in [-0.1, -0.05) is 23.2 Å². The van der Waals surface area contributed by atoms with Gasteiger partial charge in [-0.3, -0.25) is 4.79 Å². The Morgan fingerprint density at radius 1 is 1.50 bits per heavy atom. The Labute approximate surface area is 67.8 Å². The standard InChI is InChI=1S/C6H5Cl2NO/c1-3-4(7)2-9-6(10)5(3)8/h2H,1H3,(H,9,10). The summed E-state index contributed by atoms with van der Waals surface area (Å²) in [7, 11) is 0. The van der Waals surface area contributed by atoms with Gasteiger partial charge in [0, 0.05) is 6.20 Å². The van der Waals surface area contributed by atoms with E-state index in [1.54, 1.807) is 6.92 Å². The van der Waals surface area contributed by atoms with Gasteiger partial charge in [0.25, 0.3) is 5.56 Å². The van der Waals surface area contributed by atoms with Crippen LogP contribution in [0.3, 0.4) is 0 Å². The molecule has 0 aliphatic carbocycles. The summed E-state index contributed by atoms with van der Waals surface area (Å²) in [6, 6.07) is 0.